The zero-order chi connectivity index (χ0) is 20.4. The fraction of sp³-hybridized carbons (Fsp3) is 0.286. The summed E-state index contributed by atoms with van der Waals surface area (Å²) in [6, 6.07) is 16.0. The van der Waals surface area contributed by atoms with Crippen LogP contribution >= 0.6 is 0 Å². The summed E-state index contributed by atoms with van der Waals surface area (Å²) in [7, 11) is 0. The zero-order valence-corrected chi connectivity index (χ0v) is 16.0. The highest BCUT2D eigenvalue weighted by Gasteiger charge is 2.34. The van der Waals surface area contributed by atoms with Gasteiger partial charge in [0, 0.05) is 12.2 Å². The number of para-hydroxylation sites is 3. The van der Waals surface area contributed by atoms with Crippen molar-refractivity contribution in [3.63, 3.8) is 0 Å². The van der Waals surface area contributed by atoms with E-state index in [0.717, 1.165) is 5.69 Å². The van der Waals surface area contributed by atoms with Crippen molar-refractivity contribution in [3.8, 4) is 0 Å². The maximum atomic E-state index is 12.9. The van der Waals surface area contributed by atoms with E-state index in [0.29, 0.717) is 24.5 Å². The predicted octanol–water partition coefficient (Wildman–Crippen LogP) is 1.98. The van der Waals surface area contributed by atoms with E-state index in [1.165, 1.54) is 4.90 Å². The molecule has 0 spiro atoms. The number of benzene rings is 2. The van der Waals surface area contributed by atoms with Gasteiger partial charge in [0.15, 0.2) is 0 Å². The minimum absolute atomic E-state index is 0.0257. The first kappa shape index (κ1) is 18.9. The lowest BCUT2D eigenvalue weighted by molar-refractivity contribution is -0.123. The summed E-state index contributed by atoms with van der Waals surface area (Å²) in [6.07, 6.45) is -0.765. The van der Waals surface area contributed by atoms with E-state index in [1.54, 1.807) is 24.0 Å². The number of carbonyl (C=O) groups excluding carboxylic acids is 3. The van der Waals surface area contributed by atoms with Crippen molar-refractivity contribution in [2.75, 3.05) is 34.8 Å². The molecule has 3 amide bonds. The molecule has 1 fully saturated rings. The molecule has 8 nitrogen and oxygen atoms in total. The van der Waals surface area contributed by atoms with Gasteiger partial charge in [0.1, 0.15) is 12.6 Å². The molecule has 2 N–H and O–H groups in total. The molecule has 2 atom stereocenters. The summed E-state index contributed by atoms with van der Waals surface area (Å²) in [6.45, 7) is 2.46. The maximum absolute atomic E-state index is 12.9. The SMILES string of the molecule is CC(NCC1CN(c2ccccc2)C(=O)O1)C(=O)N1CC(=O)Nc2ccccc21. The number of hydrogen-bond donors (Lipinski definition) is 2. The second kappa shape index (κ2) is 7.92. The molecule has 2 aromatic rings. The highest BCUT2D eigenvalue weighted by molar-refractivity contribution is 6.11. The molecule has 0 aliphatic carbocycles. The van der Waals surface area contributed by atoms with E-state index in [1.807, 2.05) is 42.5 Å². The zero-order valence-electron chi connectivity index (χ0n) is 16.0. The van der Waals surface area contributed by atoms with E-state index in [-0.39, 0.29) is 24.5 Å². The molecule has 0 saturated carbocycles. The van der Waals surface area contributed by atoms with Crippen molar-refractivity contribution in [2.45, 2.75) is 19.1 Å². The molecular weight excluding hydrogens is 372 g/mol. The number of amides is 3. The van der Waals surface area contributed by atoms with Crippen molar-refractivity contribution in [3.05, 3.63) is 54.6 Å². The molecule has 4 rings (SSSR count). The Bertz CT molecular complexity index is 933. The fourth-order valence-electron chi connectivity index (χ4n) is 3.51. The minimum Gasteiger partial charge on any atom is -0.443 e. The highest BCUT2D eigenvalue weighted by atomic mass is 16.6. The summed E-state index contributed by atoms with van der Waals surface area (Å²) in [4.78, 5) is 40.1. The molecule has 0 aromatic heterocycles. The molecule has 2 aliphatic rings. The van der Waals surface area contributed by atoms with Crippen molar-refractivity contribution in [2.24, 2.45) is 0 Å². The monoisotopic (exact) mass is 394 g/mol. The molecule has 8 heteroatoms. The summed E-state index contributed by atoms with van der Waals surface area (Å²) in [5.41, 5.74) is 2.07. The number of ether oxygens (including phenoxy) is 1. The lowest BCUT2D eigenvalue weighted by Crippen LogP contribution is -2.51. The summed E-state index contributed by atoms with van der Waals surface area (Å²) >= 11 is 0. The van der Waals surface area contributed by atoms with Crippen molar-refractivity contribution in [1.29, 1.82) is 0 Å². The van der Waals surface area contributed by atoms with E-state index < -0.39 is 12.1 Å². The van der Waals surface area contributed by atoms with Crippen molar-refractivity contribution in [1.82, 2.24) is 5.32 Å². The molecule has 2 aliphatic heterocycles. The van der Waals surface area contributed by atoms with Crippen LogP contribution in [-0.2, 0) is 14.3 Å². The van der Waals surface area contributed by atoms with Gasteiger partial charge >= 0.3 is 6.09 Å². The average Bonchev–Trinajstić information content (AvgIpc) is 3.12. The molecule has 2 aromatic carbocycles. The number of cyclic esters (lactones) is 1. The topological polar surface area (TPSA) is 91.0 Å². The lowest BCUT2D eigenvalue weighted by atomic mass is 10.1. The van der Waals surface area contributed by atoms with Crippen LogP contribution in [0.2, 0.25) is 0 Å². The Morgan fingerprint density at radius 1 is 1.17 bits per heavy atom. The van der Waals surface area contributed by atoms with Crippen LogP contribution in [0, 0.1) is 0 Å². The van der Waals surface area contributed by atoms with E-state index in [4.69, 9.17) is 4.74 Å². The number of nitrogens with zero attached hydrogens (tertiary/aromatic N) is 2. The second-order valence-electron chi connectivity index (χ2n) is 7.07. The fourth-order valence-corrected chi connectivity index (χ4v) is 3.51. The van der Waals surface area contributed by atoms with Crippen LogP contribution < -0.4 is 20.4 Å². The van der Waals surface area contributed by atoms with Gasteiger partial charge < -0.3 is 15.4 Å². The Morgan fingerprint density at radius 2 is 1.90 bits per heavy atom. The minimum atomic E-state index is -0.543. The van der Waals surface area contributed by atoms with E-state index >= 15 is 0 Å². The third kappa shape index (κ3) is 3.93. The van der Waals surface area contributed by atoms with Gasteiger partial charge in [-0.25, -0.2) is 4.79 Å². The van der Waals surface area contributed by atoms with Crippen LogP contribution in [-0.4, -0.2) is 49.7 Å². The van der Waals surface area contributed by atoms with Crippen molar-refractivity contribution < 1.29 is 19.1 Å². The first-order valence-corrected chi connectivity index (χ1v) is 9.50. The number of carbonyl (C=O) groups is 3. The molecule has 2 unspecified atom stereocenters. The van der Waals surface area contributed by atoms with Gasteiger partial charge in [-0.1, -0.05) is 30.3 Å². The standard InChI is InChI=1S/C21H22N4O4/c1-14(20(27)25-13-19(26)23-17-9-5-6-10-18(17)25)22-11-16-12-24(21(28)29-16)15-7-3-2-4-8-15/h2-10,14,16,22H,11-13H2,1H3,(H,23,26). The lowest BCUT2D eigenvalue weighted by Gasteiger charge is -2.31. The third-order valence-corrected chi connectivity index (χ3v) is 5.00. The number of fused-ring (bicyclic) bond motifs is 1. The number of anilines is 3. The Balaban J connectivity index is 1.37. The number of nitrogens with one attached hydrogen (secondary N) is 2. The van der Waals surface area contributed by atoms with Crippen LogP contribution in [0.3, 0.4) is 0 Å². The Morgan fingerprint density at radius 3 is 2.69 bits per heavy atom. The van der Waals surface area contributed by atoms with Gasteiger partial charge in [-0.15, -0.1) is 0 Å². The molecule has 29 heavy (non-hydrogen) atoms. The normalized spacial score (nSPS) is 19.4. The second-order valence-corrected chi connectivity index (χ2v) is 7.07. The molecule has 2 heterocycles. The Labute approximate surface area is 168 Å². The van der Waals surface area contributed by atoms with Gasteiger partial charge in [-0.2, -0.15) is 0 Å². The summed E-state index contributed by atoms with van der Waals surface area (Å²) in [5.74, 6) is -0.441. The third-order valence-electron chi connectivity index (χ3n) is 5.00. The first-order valence-electron chi connectivity index (χ1n) is 9.50. The van der Waals surface area contributed by atoms with Gasteiger partial charge in [0.2, 0.25) is 11.8 Å². The molecule has 0 bridgehead atoms. The Hall–Kier alpha value is -3.39. The predicted molar refractivity (Wildman–Crippen MR) is 109 cm³/mol. The van der Waals surface area contributed by atoms with Gasteiger partial charge in [0.05, 0.1) is 24.0 Å². The van der Waals surface area contributed by atoms with Crippen molar-refractivity contribution >= 4 is 35.0 Å². The summed E-state index contributed by atoms with van der Waals surface area (Å²) in [5, 5.41) is 5.90. The summed E-state index contributed by atoms with van der Waals surface area (Å²) < 4.78 is 5.41. The Kier molecular flexibility index (Phi) is 5.18. The first-order chi connectivity index (χ1) is 14.0. The van der Waals surface area contributed by atoms with Gasteiger partial charge in [-0.05, 0) is 31.2 Å². The highest BCUT2D eigenvalue weighted by Crippen LogP contribution is 2.29. The smallest absolute Gasteiger partial charge is 0.414 e. The average molecular weight is 394 g/mol. The quantitative estimate of drug-likeness (QED) is 0.809. The molecular formula is C21H22N4O4. The molecule has 150 valence electrons. The largest absolute Gasteiger partial charge is 0.443 e. The van der Waals surface area contributed by atoms with Gasteiger partial charge in [-0.3, -0.25) is 19.4 Å². The van der Waals surface area contributed by atoms with Crippen LogP contribution in [0.5, 0.6) is 0 Å². The van der Waals surface area contributed by atoms with Crippen LogP contribution in [0.4, 0.5) is 21.9 Å². The molecule has 0 radical (unpaired) electrons. The van der Waals surface area contributed by atoms with Crippen LogP contribution in [0.25, 0.3) is 0 Å². The molecule has 1 saturated heterocycles. The van der Waals surface area contributed by atoms with E-state index in [2.05, 4.69) is 10.6 Å². The van der Waals surface area contributed by atoms with Crippen LogP contribution in [0.1, 0.15) is 6.92 Å². The maximum Gasteiger partial charge on any atom is 0.414 e. The van der Waals surface area contributed by atoms with E-state index in [9.17, 15) is 14.4 Å². The number of hydrogen-bond acceptors (Lipinski definition) is 5. The van der Waals surface area contributed by atoms with Gasteiger partial charge in [0.25, 0.3) is 0 Å². The number of rotatable bonds is 5. The van der Waals surface area contributed by atoms with Crippen LogP contribution in [0.15, 0.2) is 54.6 Å².